The first-order chi connectivity index (χ1) is 9.35. The first-order valence-corrected chi connectivity index (χ1v) is 6.39. The third kappa shape index (κ3) is 3.36. The highest BCUT2D eigenvalue weighted by Gasteiger charge is 2.40. The van der Waals surface area contributed by atoms with Crippen molar-refractivity contribution in [2.45, 2.75) is 25.8 Å². The second-order valence-electron chi connectivity index (χ2n) is 5.02. The Bertz CT molecular complexity index is 498. The maximum Gasteiger partial charge on any atom is 0.326 e. The van der Waals surface area contributed by atoms with Crippen LogP contribution in [0.1, 0.15) is 30.6 Å². The van der Waals surface area contributed by atoms with Gasteiger partial charge in [-0.15, -0.1) is 0 Å². The molecule has 0 aliphatic rings. The van der Waals surface area contributed by atoms with E-state index in [2.05, 4.69) is 0 Å². The topological polar surface area (TPSA) is 78.6 Å². The van der Waals surface area contributed by atoms with Gasteiger partial charge in [-0.1, -0.05) is 26.0 Å². The van der Waals surface area contributed by atoms with Gasteiger partial charge in [0.15, 0.2) is 5.78 Å². The smallest absolute Gasteiger partial charge is 0.326 e. The SMILES string of the molecule is COC(=O)C(N)(CC(=O)c1cccc(OC)c1)C(C)C. The molecule has 1 aromatic carbocycles. The Morgan fingerprint density at radius 3 is 2.45 bits per heavy atom. The normalized spacial score (nSPS) is 13.7. The Morgan fingerprint density at radius 1 is 1.30 bits per heavy atom. The van der Waals surface area contributed by atoms with E-state index < -0.39 is 11.5 Å². The molecule has 0 aliphatic heterocycles. The number of esters is 1. The van der Waals surface area contributed by atoms with Crippen LogP contribution >= 0.6 is 0 Å². The summed E-state index contributed by atoms with van der Waals surface area (Å²) in [5.74, 6) is -0.431. The first kappa shape index (κ1) is 16.2. The van der Waals surface area contributed by atoms with Crippen molar-refractivity contribution >= 4 is 11.8 Å². The number of methoxy groups -OCH3 is 2. The Morgan fingerprint density at radius 2 is 1.95 bits per heavy atom. The van der Waals surface area contributed by atoms with Crippen LogP contribution in [0.5, 0.6) is 5.75 Å². The molecule has 1 atom stereocenters. The van der Waals surface area contributed by atoms with Crippen molar-refractivity contribution in [1.29, 1.82) is 0 Å². The lowest BCUT2D eigenvalue weighted by molar-refractivity contribution is -0.148. The van der Waals surface area contributed by atoms with Crippen LogP contribution in [0.4, 0.5) is 0 Å². The first-order valence-electron chi connectivity index (χ1n) is 6.39. The minimum Gasteiger partial charge on any atom is -0.497 e. The summed E-state index contributed by atoms with van der Waals surface area (Å²) >= 11 is 0. The quantitative estimate of drug-likeness (QED) is 0.634. The van der Waals surface area contributed by atoms with E-state index in [4.69, 9.17) is 15.2 Å². The fourth-order valence-corrected chi connectivity index (χ4v) is 1.87. The standard InChI is InChI=1S/C15H21NO4/c1-10(2)15(16,14(18)20-4)9-13(17)11-6-5-7-12(8-11)19-3/h5-8,10H,9,16H2,1-4H3. The highest BCUT2D eigenvalue weighted by Crippen LogP contribution is 2.23. The molecule has 110 valence electrons. The zero-order valence-electron chi connectivity index (χ0n) is 12.3. The lowest BCUT2D eigenvalue weighted by Crippen LogP contribution is -2.54. The van der Waals surface area contributed by atoms with Gasteiger partial charge in [-0.3, -0.25) is 9.59 Å². The molecule has 2 N–H and O–H groups in total. The monoisotopic (exact) mass is 279 g/mol. The minimum atomic E-state index is -1.32. The van der Waals surface area contributed by atoms with E-state index in [1.807, 2.05) is 0 Å². The van der Waals surface area contributed by atoms with E-state index >= 15 is 0 Å². The van der Waals surface area contributed by atoms with Gasteiger partial charge in [-0.2, -0.15) is 0 Å². The second-order valence-corrected chi connectivity index (χ2v) is 5.02. The number of rotatable bonds is 6. The van der Waals surface area contributed by atoms with Crippen LogP contribution in [0, 0.1) is 5.92 Å². The van der Waals surface area contributed by atoms with E-state index in [0.717, 1.165) is 0 Å². The molecule has 0 saturated heterocycles. The summed E-state index contributed by atoms with van der Waals surface area (Å²) < 4.78 is 9.79. The van der Waals surface area contributed by atoms with Crippen molar-refractivity contribution in [3.8, 4) is 5.75 Å². The van der Waals surface area contributed by atoms with E-state index in [1.54, 1.807) is 38.1 Å². The average molecular weight is 279 g/mol. The molecule has 0 heterocycles. The molecule has 20 heavy (non-hydrogen) atoms. The van der Waals surface area contributed by atoms with Gasteiger partial charge in [0.25, 0.3) is 0 Å². The Labute approximate surface area is 119 Å². The summed E-state index contributed by atoms with van der Waals surface area (Å²) in [6.07, 6.45) is -0.107. The fourth-order valence-electron chi connectivity index (χ4n) is 1.87. The highest BCUT2D eigenvalue weighted by molar-refractivity contribution is 6.00. The van der Waals surface area contributed by atoms with E-state index in [-0.39, 0.29) is 18.1 Å². The summed E-state index contributed by atoms with van der Waals surface area (Å²) in [7, 11) is 2.79. The maximum absolute atomic E-state index is 12.3. The molecule has 5 heteroatoms. The number of hydrogen-bond acceptors (Lipinski definition) is 5. The molecule has 0 amide bonds. The molecular formula is C15H21NO4. The van der Waals surface area contributed by atoms with Crippen LogP contribution in [-0.2, 0) is 9.53 Å². The molecule has 5 nitrogen and oxygen atoms in total. The van der Waals surface area contributed by atoms with Gasteiger partial charge in [-0.05, 0) is 18.1 Å². The second kappa shape index (κ2) is 6.52. The van der Waals surface area contributed by atoms with Crippen LogP contribution < -0.4 is 10.5 Å². The molecule has 0 saturated carbocycles. The molecule has 0 radical (unpaired) electrons. The predicted octanol–water partition coefficient (Wildman–Crippen LogP) is 1.79. The summed E-state index contributed by atoms with van der Waals surface area (Å²) in [6, 6.07) is 6.76. The number of benzene rings is 1. The average Bonchev–Trinajstić information content (AvgIpc) is 2.45. The minimum absolute atomic E-state index is 0.107. The van der Waals surface area contributed by atoms with Crippen LogP contribution in [0.15, 0.2) is 24.3 Å². The molecule has 1 aromatic rings. The van der Waals surface area contributed by atoms with Crippen LogP contribution in [0.3, 0.4) is 0 Å². The van der Waals surface area contributed by atoms with Gasteiger partial charge in [0.2, 0.25) is 0 Å². The Balaban J connectivity index is 2.99. The number of hydrogen-bond donors (Lipinski definition) is 1. The van der Waals surface area contributed by atoms with Crippen LogP contribution in [-0.4, -0.2) is 31.5 Å². The Hall–Kier alpha value is -1.88. The van der Waals surface area contributed by atoms with Gasteiger partial charge in [0.1, 0.15) is 11.3 Å². The third-order valence-corrected chi connectivity index (χ3v) is 3.44. The number of ketones is 1. The van der Waals surface area contributed by atoms with E-state index in [1.165, 1.54) is 14.2 Å². The number of carbonyl (C=O) groups excluding carboxylic acids is 2. The van der Waals surface area contributed by atoms with E-state index in [9.17, 15) is 9.59 Å². The summed E-state index contributed by atoms with van der Waals surface area (Å²) in [4.78, 5) is 24.2. The lowest BCUT2D eigenvalue weighted by atomic mass is 9.81. The Kier molecular flexibility index (Phi) is 5.27. The summed E-state index contributed by atoms with van der Waals surface area (Å²) in [6.45, 7) is 3.57. The largest absolute Gasteiger partial charge is 0.497 e. The van der Waals surface area contributed by atoms with E-state index in [0.29, 0.717) is 11.3 Å². The number of Topliss-reactive ketones (excluding diaryl/α,β-unsaturated/α-hetero) is 1. The summed E-state index contributed by atoms with van der Waals surface area (Å²) in [5.41, 5.74) is 5.21. The zero-order chi connectivity index (χ0) is 15.3. The van der Waals surface area contributed by atoms with Crippen LogP contribution in [0.25, 0.3) is 0 Å². The highest BCUT2D eigenvalue weighted by atomic mass is 16.5. The van der Waals surface area contributed by atoms with Crippen molar-refractivity contribution in [1.82, 2.24) is 0 Å². The predicted molar refractivity (Wildman–Crippen MR) is 75.7 cm³/mol. The number of ether oxygens (including phenoxy) is 2. The van der Waals surface area contributed by atoms with Crippen molar-refractivity contribution in [3.05, 3.63) is 29.8 Å². The van der Waals surface area contributed by atoms with Crippen LogP contribution in [0.2, 0.25) is 0 Å². The molecule has 0 fully saturated rings. The fraction of sp³-hybridized carbons (Fsp3) is 0.467. The molecule has 0 aromatic heterocycles. The zero-order valence-corrected chi connectivity index (χ0v) is 12.3. The van der Waals surface area contributed by atoms with Gasteiger partial charge in [-0.25, -0.2) is 0 Å². The molecule has 0 bridgehead atoms. The lowest BCUT2D eigenvalue weighted by Gasteiger charge is -2.29. The molecular weight excluding hydrogens is 258 g/mol. The number of nitrogens with two attached hydrogens (primary N) is 1. The molecule has 1 rings (SSSR count). The van der Waals surface area contributed by atoms with Crippen molar-refractivity contribution < 1.29 is 19.1 Å². The van der Waals surface area contributed by atoms with Gasteiger partial charge < -0.3 is 15.2 Å². The van der Waals surface area contributed by atoms with Crippen molar-refractivity contribution in [2.75, 3.05) is 14.2 Å². The summed E-state index contributed by atoms with van der Waals surface area (Å²) in [5, 5.41) is 0. The van der Waals surface area contributed by atoms with Gasteiger partial charge >= 0.3 is 5.97 Å². The number of carbonyl (C=O) groups is 2. The molecule has 0 aliphatic carbocycles. The molecule has 1 unspecified atom stereocenters. The van der Waals surface area contributed by atoms with Gasteiger partial charge in [0, 0.05) is 12.0 Å². The van der Waals surface area contributed by atoms with Crippen molar-refractivity contribution in [3.63, 3.8) is 0 Å². The van der Waals surface area contributed by atoms with Gasteiger partial charge in [0.05, 0.1) is 14.2 Å². The molecule has 0 spiro atoms. The van der Waals surface area contributed by atoms with Crippen molar-refractivity contribution in [2.24, 2.45) is 11.7 Å². The maximum atomic E-state index is 12.3. The third-order valence-electron chi connectivity index (χ3n) is 3.44.